The molecule has 1 amide bonds. The maximum absolute atomic E-state index is 12.1. The third-order valence-corrected chi connectivity index (χ3v) is 3.79. The first-order valence-electron chi connectivity index (χ1n) is 7.35. The predicted molar refractivity (Wildman–Crippen MR) is 93.2 cm³/mol. The molecule has 2 rings (SSSR count). The number of aromatic nitrogens is 1. The van der Waals surface area contributed by atoms with E-state index in [9.17, 15) is 4.79 Å². The van der Waals surface area contributed by atoms with Gasteiger partial charge in [-0.2, -0.15) is 5.10 Å². The number of aryl methyl sites for hydroxylation is 1. The molecule has 2 aromatic rings. The first-order chi connectivity index (χ1) is 11.0. The summed E-state index contributed by atoms with van der Waals surface area (Å²) in [6.45, 7) is 5.86. The summed E-state index contributed by atoms with van der Waals surface area (Å²) in [5, 5.41) is 4.36. The first-order valence-corrected chi connectivity index (χ1v) is 8.16. The first kappa shape index (κ1) is 17.0. The van der Waals surface area contributed by atoms with Crippen LogP contribution in [0.1, 0.15) is 41.7 Å². The van der Waals surface area contributed by atoms with Crippen molar-refractivity contribution in [2.75, 3.05) is 5.73 Å². The van der Waals surface area contributed by atoms with Crippen molar-refractivity contribution < 1.29 is 9.53 Å². The molecule has 0 atom stereocenters. The highest BCUT2D eigenvalue weighted by Gasteiger charge is 2.15. The van der Waals surface area contributed by atoms with Crippen molar-refractivity contribution in [2.24, 2.45) is 5.10 Å². The number of nitrogens with one attached hydrogen (secondary N) is 1. The zero-order chi connectivity index (χ0) is 16.8. The lowest BCUT2D eigenvalue weighted by atomic mass is 10.2. The van der Waals surface area contributed by atoms with Gasteiger partial charge in [-0.3, -0.25) is 4.79 Å². The highest BCUT2D eigenvalue weighted by Crippen LogP contribution is 2.20. The van der Waals surface area contributed by atoms with Crippen LogP contribution in [0.15, 0.2) is 29.4 Å². The Morgan fingerprint density at radius 3 is 3.00 bits per heavy atom. The fourth-order valence-electron chi connectivity index (χ4n) is 1.94. The Kier molecular flexibility index (Phi) is 5.70. The lowest BCUT2D eigenvalue weighted by Gasteiger charge is -2.09. The molecule has 0 saturated heterocycles. The van der Waals surface area contributed by atoms with Gasteiger partial charge < -0.3 is 10.5 Å². The molecular weight excluding hydrogens is 312 g/mol. The molecule has 0 aliphatic rings. The summed E-state index contributed by atoms with van der Waals surface area (Å²) < 4.78 is 5.62. The van der Waals surface area contributed by atoms with E-state index >= 15 is 0 Å². The van der Waals surface area contributed by atoms with Gasteiger partial charge in [0, 0.05) is 0 Å². The van der Waals surface area contributed by atoms with E-state index in [1.807, 2.05) is 45.0 Å². The Balaban J connectivity index is 2.02. The zero-order valence-electron chi connectivity index (χ0n) is 13.4. The average molecular weight is 332 g/mol. The molecule has 0 bridgehead atoms. The van der Waals surface area contributed by atoms with Gasteiger partial charge in [0.1, 0.15) is 10.6 Å². The molecule has 0 saturated carbocycles. The van der Waals surface area contributed by atoms with Crippen molar-refractivity contribution in [3.63, 3.8) is 0 Å². The van der Waals surface area contributed by atoms with Gasteiger partial charge in [0.25, 0.3) is 5.91 Å². The number of carbonyl (C=O) groups is 1. The number of hydrogen-bond acceptors (Lipinski definition) is 6. The minimum atomic E-state index is -0.304. The van der Waals surface area contributed by atoms with Crippen LogP contribution in [0.3, 0.4) is 0 Å². The minimum Gasteiger partial charge on any atom is -0.491 e. The Bertz CT molecular complexity index is 710. The van der Waals surface area contributed by atoms with Crippen LogP contribution >= 0.6 is 11.3 Å². The maximum Gasteiger partial charge on any atom is 0.283 e. The van der Waals surface area contributed by atoms with Crippen molar-refractivity contribution in [1.29, 1.82) is 0 Å². The van der Waals surface area contributed by atoms with Crippen molar-refractivity contribution in [3.8, 4) is 5.75 Å². The molecule has 0 fully saturated rings. The van der Waals surface area contributed by atoms with Gasteiger partial charge in [-0.1, -0.05) is 30.4 Å². The quantitative estimate of drug-likeness (QED) is 0.629. The van der Waals surface area contributed by atoms with E-state index in [1.54, 1.807) is 6.21 Å². The van der Waals surface area contributed by atoms with Crippen LogP contribution in [0.5, 0.6) is 5.75 Å². The molecule has 122 valence electrons. The SMILES string of the molecule is CCc1nc(N)sc1C(=O)N/N=C\c1cccc(OC(C)C)c1. The molecule has 1 aromatic carbocycles. The summed E-state index contributed by atoms with van der Waals surface area (Å²) in [6, 6.07) is 7.49. The molecule has 0 spiro atoms. The summed E-state index contributed by atoms with van der Waals surface area (Å²) in [7, 11) is 0. The number of amides is 1. The maximum atomic E-state index is 12.1. The Morgan fingerprint density at radius 2 is 2.30 bits per heavy atom. The van der Waals surface area contributed by atoms with Crippen molar-refractivity contribution in [1.82, 2.24) is 10.4 Å². The Hall–Kier alpha value is -2.41. The number of ether oxygens (including phenoxy) is 1. The molecule has 0 aliphatic heterocycles. The molecule has 0 aliphatic carbocycles. The number of rotatable bonds is 6. The Morgan fingerprint density at radius 1 is 1.52 bits per heavy atom. The number of nitrogens with zero attached hydrogens (tertiary/aromatic N) is 2. The van der Waals surface area contributed by atoms with Gasteiger partial charge in [0.15, 0.2) is 5.13 Å². The standard InChI is InChI=1S/C16H20N4O2S/c1-4-13-14(23-16(17)19-13)15(21)20-18-9-11-6-5-7-12(8-11)22-10(2)3/h5-10H,4H2,1-3H3,(H2,17,19)(H,20,21)/b18-9-. The molecule has 23 heavy (non-hydrogen) atoms. The smallest absolute Gasteiger partial charge is 0.283 e. The number of thiazole rings is 1. The van der Waals surface area contributed by atoms with Gasteiger partial charge in [-0.05, 0) is 38.0 Å². The second kappa shape index (κ2) is 7.73. The topological polar surface area (TPSA) is 89.6 Å². The van der Waals surface area contributed by atoms with Gasteiger partial charge in [-0.25, -0.2) is 10.4 Å². The van der Waals surface area contributed by atoms with Crippen LogP contribution in [0.2, 0.25) is 0 Å². The predicted octanol–water partition coefficient (Wildman–Crippen LogP) is 2.84. The van der Waals surface area contributed by atoms with E-state index < -0.39 is 0 Å². The Labute approximate surface area is 139 Å². The van der Waals surface area contributed by atoms with Crippen LogP contribution < -0.4 is 15.9 Å². The van der Waals surface area contributed by atoms with Crippen LogP contribution in [-0.2, 0) is 6.42 Å². The molecule has 7 heteroatoms. The van der Waals surface area contributed by atoms with Gasteiger partial charge >= 0.3 is 0 Å². The summed E-state index contributed by atoms with van der Waals surface area (Å²) in [4.78, 5) is 16.7. The van der Waals surface area contributed by atoms with Crippen LogP contribution in [0.4, 0.5) is 5.13 Å². The number of hydrazone groups is 1. The lowest BCUT2D eigenvalue weighted by molar-refractivity contribution is 0.0958. The van der Waals surface area contributed by atoms with E-state index in [0.717, 1.165) is 22.6 Å². The van der Waals surface area contributed by atoms with Crippen LogP contribution in [-0.4, -0.2) is 23.2 Å². The fourth-order valence-corrected chi connectivity index (χ4v) is 2.75. The number of hydrogen-bond donors (Lipinski definition) is 2. The molecular formula is C16H20N4O2S. The molecule has 1 aromatic heterocycles. The van der Waals surface area contributed by atoms with E-state index in [4.69, 9.17) is 10.5 Å². The third-order valence-electron chi connectivity index (χ3n) is 2.86. The minimum absolute atomic E-state index is 0.103. The fraction of sp³-hybridized carbons (Fsp3) is 0.312. The van der Waals surface area contributed by atoms with E-state index in [-0.39, 0.29) is 12.0 Å². The molecule has 6 nitrogen and oxygen atoms in total. The number of carbonyl (C=O) groups excluding carboxylic acids is 1. The lowest BCUT2D eigenvalue weighted by Crippen LogP contribution is -2.17. The normalized spacial score (nSPS) is 11.1. The van der Waals surface area contributed by atoms with E-state index in [1.165, 1.54) is 0 Å². The summed E-state index contributed by atoms with van der Waals surface area (Å²) in [5.74, 6) is 0.459. The van der Waals surface area contributed by atoms with Crippen molar-refractivity contribution in [2.45, 2.75) is 33.3 Å². The highest BCUT2D eigenvalue weighted by molar-refractivity contribution is 7.17. The molecule has 1 heterocycles. The van der Waals surface area contributed by atoms with E-state index in [0.29, 0.717) is 22.1 Å². The number of benzene rings is 1. The third kappa shape index (κ3) is 4.79. The van der Waals surface area contributed by atoms with Crippen molar-refractivity contribution in [3.05, 3.63) is 40.4 Å². The summed E-state index contributed by atoms with van der Waals surface area (Å²) in [6.07, 6.45) is 2.32. The van der Waals surface area contributed by atoms with Gasteiger partial charge in [0.05, 0.1) is 18.0 Å². The number of nitrogens with two attached hydrogens (primary N) is 1. The number of anilines is 1. The van der Waals surface area contributed by atoms with Gasteiger partial charge in [0.2, 0.25) is 0 Å². The molecule has 3 N–H and O–H groups in total. The second-order valence-electron chi connectivity index (χ2n) is 5.12. The monoisotopic (exact) mass is 332 g/mol. The second-order valence-corrected chi connectivity index (χ2v) is 6.15. The number of nitrogen functional groups attached to an aromatic ring is 1. The van der Waals surface area contributed by atoms with Crippen molar-refractivity contribution >= 4 is 28.6 Å². The summed E-state index contributed by atoms with van der Waals surface area (Å²) >= 11 is 1.16. The zero-order valence-corrected chi connectivity index (χ0v) is 14.2. The van der Waals surface area contributed by atoms with E-state index in [2.05, 4.69) is 15.5 Å². The highest BCUT2D eigenvalue weighted by atomic mass is 32.1. The van der Waals surface area contributed by atoms with Crippen LogP contribution in [0.25, 0.3) is 0 Å². The van der Waals surface area contributed by atoms with Crippen LogP contribution in [0, 0.1) is 0 Å². The molecule has 0 radical (unpaired) electrons. The average Bonchev–Trinajstić information content (AvgIpc) is 2.88. The summed E-state index contributed by atoms with van der Waals surface area (Å²) in [5.41, 5.74) is 9.67. The van der Waals surface area contributed by atoms with Gasteiger partial charge in [-0.15, -0.1) is 0 Å². The largest absolute Gasteiger partial charge is 0.491 e. The molecule has 0 unspecified atom stereocenters.